The number of benzene rings is 3. The average Bonchev–Trinajstić information content (AvgIpc) is 2.91. The number of halogens is 1. The van der Waals surface area contributed by atoms with Gasteiger partial charge in [-0.3, -0.25) is 4.79 Å². The number of hydrogen-bond acceptors (Lipinski definition) is 4. The van der Waals surface area contributed by atoms with Crippen molar-refractivity contribution in [2.45, 2.75) is 20.3 Å². The molecule has 0 bridgehead atoms. The first-order valence-corrected chi connectivity index (χ1v) is 12.3. The number of carbonyl (C=O) groups is 1. The number of piperazine rings is 1. The Labute approximate surface area is 211 Å². The highest BCUT2D eigenvalue weighted by Gasteiger charge is 2.25. The fourth-order valence-corrected chi connectivity index (χ4v) is 4.73. The Hall–Kier alpha value is -4.06. The van der Waals surface area contributed by atoms with E-state index in [0.717, 1.165) is 39.6 Å². The second-order valence-electron chi connectivity index (χ2n) is 9.18. The van der Waals surface area contributed by atoms with Crippen LogP contribution in [0.5, 0.6) is 0 Å². The van der Waals surface area contributed by atoms with E-state index in [0.29, 0.717) is 38.2 Å². The smallest absolute Gasteiger partial charge is 0.253 e. The molecular weight excluding hydrogens is 451 g/mol. The number of rotatable bonds is 5. The molecule has 0 atom stereocenters. The monoisotopic (exact) mass is 480 g/mol. The first kappa shape index (κ1) is 23.7. The average molecular weight is 481 g/mol. The Kier molecular flexibility index (Phi) is 6.76. The number of anilines is 1. The zero-order valence-electron chi connectivity index (χ0n) is 20.6. The van der Waals surface area contributed by atoms with Gasteiger partial charge >= 0.3 is 0 Å². The van der Waals surface area contributed by atoms with Crippen LogP contribution in [-0.4, -0.2) is 47.0 Å². The van der Waals surface area contributed by atoms with Gasteiger partial charge in [0.2, 0.25) is 0 Å². The zero-order valence-corrected chi connectivity index (χ0v) is 20.6. The van der Waals surface area contributed by atoms with Crippen molar-refractivity contribution in [2.24, 2.45) is 0 Å². The van der Waals surface area contributed by atoms with Gasteiger partial charge in [-0.25, -0.2) is 14.4 Å². The molecule has 0 radical (unpaired) electrons. The molecule has 1 aromatic heterocycles. The summed E-state index contributed by atoms with van der Waals surface area (Å²) in [5.74, 6) is 1.44. The highest BCUT2D eigenvalue weighted by Crippen LogP contribution is 2.26. The lowest BCUT2D eigenvalue weighted by atomic mass is 10.0. The van der Waals surface area contributed by atoms with Crippen molar-refractivity contribution in [3.8, 4) is 11.1 Å². The molecule has 2 heterocycles. The van der Waals surface area contributed by atoms with Crippen LogP contribution in [0.1, 0.15) is 33.0 Å². The van der Waals surface area contributed by atoms with Crippen LogP contribution in [0.15, 0.2) is 78.9 Å². The number of hydrogen-bond donors (Lipinski definition) is 0. The molecule has 0 N–H and O–H groups in total. The lowest BCUT2D eigenvalue weighted by Crippen LogP contribution is -2.49. The fourth-order valence-electron chi connectivity index (χ4n) is 4.73. The molecule has 1 aliphatic heterocycles. The van der Waals surface area contributed by atoms with Gasteiger partial charge in [0.25, 0.3) is 5.91 Å². The van der Waals surface area contributed by atoms with Crippen molar-refractivity contribution in [2.75, 3.05) is 31.1 Å². The second kappa shape index (κ2) is 10.3. The molecule has 0 unspecified atom stereocenters. The summed E-state index contributed by atoms with van der Waals surface area (Å²) in [6, 6.07) is 24.6. The largest absolute Gasteiger partial charge is 0.353 e. The van der Waals surface area contributed by atoms with E-state index < -0.39 is 0 Å². The van der Waals surface area contributed by atoms with Gasteiger partial charge in [-0.1, -0.05) is 54.6 Å². The van der Waals surface area contributed by atoms with Gasteiger partial charge in [0.05, 0.1) is 0 Å². The van der Waals surface area contributed by atoms with E-state index in [1.165, 1.54) is 12.1 Å². The van der Waals surface area contributed by atoms with Crippen LogP contribution in [0, 0.1) is 19.7 Å². The maximum absolute atomic E-state index is 13.4. The molecule has 1 aliphatic rings. The van der Waals surface area contributed by atoms with Gasteiger partial charge in [0, 0.05) is 49.4 Å². The highest BCUT2D eigenvalue weighted by molar-refractivity contribution is 5.95. The van der Waals surface area contributed by atoms with E-state index in [-0.39, 0.29) is 11.7 Å². The third kappa shape index (κ3) is 5.13. The first-order valence-electron chi connectivity index (χ1n) is 12.3. The summed E-state index contributed by atoms with van der Waals surface area (Å²) >= 11 is 0. The number of nitrogens with zero attached hydrogens (tertiary/aromatic N) is 4. The zero-order chi connectivity index (χ0) is 25.1. The summed E-state index contributed by atoms with van der Waals surface area (Å²) in [6.45, 7) is 6.53. The molecule has 36 heavy (non-hydrogen) atoms. The van der Waals surface area contributed by atoms with Crippen LogP contribution in [0.2, 0.25) is 0 Å². The summed E-state index contributed by atoms with van der Waals surface area (Å²) in [4.78, 5) is 26.7. The van der Waals surface area contributed by atoms with E-state index in [2.05, 4.69) is 22.0 Å². The number of aryl methyl sites for hydroxylation is 2. The van der Waals surface area contributed by atoms with E-state index in [9.17, 15) is 9.18 Å². The third-order valence-electron chi connectivity index (χ3n) is 6.70. The van der Waals surface area contributed by atoms with E-state index in [4.69, 9.17) is 4.98 Å². The quantitative estimate of drug-likeness (QED) is 0.381. The fraction of sp³-hybridized carbons (Fsp3) is 0.233. The van der Waals surface area contributed by atoms with Crippen molar-refractivity contribution in [3.63, 3.8) is 0 Å². The molecule has 4 aromatic rings. The normalized spacial score (nSPS) is 13.6. The lowest BCUT2D eigenvalue weighted by molar-refractivity contribution is 0.0746. The van der Waals surface area contributed by atoms with Crippen LogP contribution in [-0.2, 0) is 6.42 Å². The van der Waals surface area contributed by atoms with Gasteiger partial charge in [-0.05, 0) is 54.8 Å². The molecule has 1 amide bonds. The Bertz CT molecular complexity index is 1350. The van der Waals surface area contributed by atoms with Crippen LogP contribution < -0.4 is 4.90 Å². The Morgan fingerprint density at radius 3 is 2.11 bits per heavy atom. The minimum absolute atomic E-state index is 0.0517. The van der Waals surface area contributed by atoms with Gasteiger partial charge in [0.15, 0.2) is 0 Å². The van der Waals surface area contributed by atoms with Crippen molar-refractivity contribution in [3.05, 3.63) is 113 Å². The highest BCUT2D eigenvalue weighted by atomic mass is 19.1. The molecule has 5 rings (SSSR count). The standard InChI is InChI=1S/C30H29FN4O/c1-21-28(20-23-8-14-27(31)15-9-23)29(33-22(2)32-21)34-16-18-35(19-17-34)30(36)26-12-10-25(11-13-26)24-6-4-3-5-7-24/h3-15H,16-20H2,1-2H3. The van der Waals surface area contributed by atoms with Crippen LogP contribution >= 0.6 is 0 Å². The summed E-state index contributed by atoms with van der Waals surface area (Å²) < 4.78 is 13.4. The molecule has 182 valence electrons. The molecule has 1 fully saturated rings. The summed E-state index contributed by atoms with van der Waals surface area (Å²) in [6.07, 6.45) is 0.634. The maximum Gasteiger partial charge on any atom is 0.253 e. The molecule has 0 saturated carbocycles. The third-order valence-corrected chi connectivity index (χ3v) is 6.70. The molecule has 0 aliphatic carbocycles. The van der Waals surface area contributed by atoms with E-state index in [1.54, 1.807) is 12.1 Å². The summed E-state index contributed by atoms with van der Waals surface area (Å²) in [5.41, 5.74) is 5.93. The second-order valence-corrected chi connectivity index (χ2v) is 9.18. The van der Waals surface area contributed by atoms with Crippen molar-refractivity contribution in [1.29, 1.82) is 0 Å². The summed E-state index contributed by atoms with van der Waals surface area (Å²) in [5, 5.41) is 0. The molecular formula is C30H29FN4O. The molecule has 0 spiro atoms. The van der Waals surface area contributed by atoms with Gasteiger partial charge in [-0.2, -0.15) is 0 Å². The molecule has 6 heteroatoms. The topological polar surface area (TPSA) is 49.3 Å². The molecule has 1 saturated heterocycles. The number of carbonyl (C=O) groups excluding carboxylic acids is 1. The van der Waals surface area contributed by atoms with Crippen LogP contribution in [0.4, 0.5) is 10.2 Å². The minimum Gasteiger partial charge on any atom is -0.353 e. The van der Waals surface area contributed by atoms with Gasteiger partial charge < -0.3 is 9.80 Å². The Balaban J connectivity index is 1.29. The van der Waals surface area contributed by atoms with Gasteiger partial charge in [0.1, 0.15) is 17.5 Å². The van der Waals surface area contributed by atoms with Crippen molar-refractivity contribution < 1.29 is 9.18 Å². The lowest BCUT2D eigenvalue weighted by Gasteiger charge is -2.36. The predicted molar refractivity (Wildman–Crippen MR) is 141 cm³/mol. The molecule has 5 nitrogen and oxygen atoms in total. The first-order chi connectivity index (χ1) is 17.5. The molecule has 3 aromatic carbocycles. The Morgan fingerprint density at radius 1 is 0.806 bits per heavy atom. The number of amides is 1. The SMILES string of the molecule is Cc1nc(C)c(Cc2ccc(F)cc2)c(N2CCN(C(=O)c3ccc(-c4ccccc4)cc3)CC2)n1. The van der Waals surface area contributed by atoms with Crippen LogP contribution in [0.25, 0.3) is 11.1 Å². The predicted octanol–water partition coefficient (Wildman–Crippen LogP) is 5.45. The summed E-state index contributed by atoms with van der Waals surface area (Å²) in [7, 11) is 0. The van der Waals surface area contributed by atoms with Crippen LogP contribution in [0.3, 0.4) is 0 Å². The number of aromatic nitrogens is 2. The van der Waals surface area contributed by atoms with Crippen molar-refractivity contribution >= 4 is 11.7 Å². The van der Waals surface area contributed by atoms with E-state index >= 15 is 0 Å². The minimum atomic E-state index is -0.244. The van der Waals surface area contributed by atoms with Gasteiger partial charge in [-0.15, -0.1) is 0 Å². The Morgan fingerprint density at radius 2 is 1.44 bits per heavy atom. The van der Waals surface area contributed by atoms with E-state index in [1.807, 2.05) is 61.2 Å². The van der Waals surface area contributed by atoms with Crippen molar-refractivity contribution in [1.82, 2.24) is 14.9 Å². The maximum atomic E-state index is 13.4.